The van der Waals surface area contributed by atoms with Crippen LogP contribution in [0.2, 0.25) is 0 Å². The van der Waals surface area contributed by atoms with Crippen LogP contribution < -0.4 is 11.1 Å². The number of hydrogen-bond acceptors (Lipinski definition) is 5. The fourth-order valence-corrected chi connectivity index (χ4v) is 4.07. The van der Waals surface area contributed by atoms with E-state index >= 15 is 0 Å². The Kier molecular flexibility index (Phi) is 6.55. The molecule has 5 nitrogen and oxygen atoms in total. The van der Waals surface area contributed by atoms with Crippen LogP contribution in [0.5, 0.6) is 0 Å². The topological polar surface area (TPSA) is 71.2 Å². The van der Waals surface area contributed by atoms with Crippen LogP contribution in [0.1, 0.15) is 40.3 Å². The van der Waals surface area contributed by atoms with Gasteiger partial charge in [-0.15, -0.1) is 11.3 Å². The van der Waals surface area contributed by atoms with E-state index in [4.69, 9.17) is 5.73 Å². The monoisotopic (exact) mass is 358 g/mol. The van der Waals surface area contributed by atoms with Gasteiger partial charge >= 0.3 is 0 Å². The second-order valence-corrected chi connectivity index (χ2v) is 7.42. The molecule has 1 saturated heterocycles. The summed E-state index contributed by atoms with van der Waals surface area (Å²) in [5, 5.41) is 5.82. The lowest BCUT2D eigenvalue weighted by Gasteiger charge is -2.35. The predicted octanol–water partition coefficient (Wildman–Crippen LogP) is 2.43. The third-order valence-corrected chi connectivity index (χ3v) is 5.53. The number of likely N-dealkylation sites (tertiary alicyclic amines) is 1. The first-order valence-electron chi connectivity index (χ1n) is 8.97. The number of thiazole rings is 1. The summed E-state index contributed by atoms with van der Waals surface area (Å²) in [6.45, 7) is 3.27. The highest BCUT2D eigenvalue weighted by atomic mass is 32.1. The van der Waals surface area contributed by atoms with E-state index < -0.39 is 0 Å². The molecule has 1 aromatic carbocycles. The van der Waals surface area contributed by atoms with Crippen LogP contribution in [-0.4, -0.2) is 41.5 Å². The van der Waals surface area contributed by atoms with E-state index in [2.05, 4.69) is 39.5 Å². The van der Waals surface area contributed by atoms with Crippen molar-refractivity contribution in [3.63, 3.8) is 0 Å². The predicted molar refractivity (Wildman–Crippen MR) is 102 cm³/mol. The fourth-order valence-electron chi connectivity index (χ4n) is 3.27. The Labute approximate surface area is 153 Å². The minimum atomic E-state index is -0.0789. The van der Waals surface area contributed by atoms with Crippen molar-refractivity contribution in [3.8, 4) is 0 Å². The summed E-state index contributed by atoms with van der Waals surface area (Å²) in [6, 6.07) is 10.9. The summed E-state index contributed by atoms with van der Waals surface area (Å²) in [6.07, 6.45) is 4.31. The molecule has 1 aliphatic heterocycles. The Hall–Kier alpha value is -1.76. The molecule has 1 atom stereocenters. The summed E-state index contributed by atoms with van der Waals surface area (Å²) in [5.74, 6) is -0.0789. The first kappa shape index (κ1) is 18.0. The van der Waals surface area contributed by atoms with Gasteiger partial charge in [0.05, 0.1) is 5.01 Å². The Bertz CT molecular complexity index is 673. The minimum Gasteiger partial charge on any atom is -0.349 e. The van der Waals surface area contributed by atoms with Crippen molar-refractivity contribution >= 4 is 17.2 Å². The fraction of sp³-hybridized carbons (Fsp3) is 0.474. The molecule has 1 fully saturated rings. The summed E-state index contributed by atoms with van der Waals surface area (Å²) >= 11 is 1.50. The SMILES string of the molecule is NCCc1nc(C(=O)NCC2CCCCN2Cc2ccccc2)cs1. The summed E-state index contributed by atoms with van der Waals surface area (Å²) in [7, 11) is 0. The largest absolute Gasteiger partial charge is 0.349 e. The number of nitrogens with zero attached hydrogens (tertiary/aromatic N) is 2. The van der Waals surface area contributed by atoms with Crippen molar-refractivity contribution in [1.29, 1.82) is 0 Å². The molecule has 0 saturated carbocycles. The molecule has 0 aliphatic carbocycles. The van der Waals surface area contributed by atoms with Crippen LogP contribution in [0.15, 0.2) is 35.7 Å². The molecule has 3 rings (SSSR count). The lowest BCUT2D eigenvalue weighted by Crippen LogP contribution is -2.46. The minimum absolute atomic E-state index is 0.0789. The number of aromatic nitrogens is 1. The lowest BCUT2D eigenvalue weighted by molar-refractivity contribution is 0.0903. The molecule has 0 spiro atoms. The zero-order chi connectivity index (χ0) is 17.5. The van der Waals surface area contributed by atoms with Gasteiger partial charge in [-0.3, -0.25) is 9.69 Å². The van der Waals surface area contributed by atoms with E-state index in [1.54, 1.807) is 0 Å². The number of rotatable bonds is 7. The van der Waals surface area contributed by atoms with Gasteiger partial charge in [0.2, 0.25) is 0 Å². The van der Waals surface area contributed by atoms with Crippen LogP contribution >= 0.6 is 11.3 Å². The van der Waals surface area contributed by atoms with Gasteiger partial charge in [0.15, 0.2) is 0 Å². The van der Waals surface area contributed by atoms with Crippen LogP contribution in [0.3, 0.4) is 0 Å². The van der Waals surface area contributed by atoms with Crippen molar-refractivity contribution < 1.29 is 4.79 Å². The van der Waals surface area contributed by atoms with Crippen molar-refractivity contribution in [3.05, 3.63) is 52.0 Å². The number of hydrogen-bond donors (Lipinski definition) is 2. The molecule has 25 heavy (non-hydrogen) atoms. The van der Waals surface area contributed by atoms with Crippen molar-refractivity contribution in [2.75, 3.05) is 19.6 Å². The zero-order valence-corrected chi connectivity index (χ0v) is 15.3. The quantitative estimate of drug-likeness (QED) is 0.797. The molecule has 1 aromatic heterocycles. The van der Waals surface area contributed by atoms with Gasteiger partial charge in [-0.2, -0.15) is 0 Å². The van der Waals surface area contributed by atoms with E-state index in [0.29, 0.717) is 24.8 Å². The molecular formula is C19H26N4OS. The van der Waals surface area contributed by atoms with Gasteiger partial charge in [-0.1, -0.05) is 36.8 Å². The number of nitrogens with one attached hydrogen (secondary N) is 1. The van der Waals surface area contributed by atoms with Crippen LogP contribution in [0.25, 0.3) is 0 Å². The third-order valence-electron chi connectivity index (χ3n) is 4.62. The number of amides is 1. The third kappa shape index (κ3) is 5.11. The van der Waals surface area contributed by atoms with E-state index in [0.717, 1.165) is 30.9 Å². The zero-order valence-electron chi connectivity index (χ0n) is 14.5. The molecule has 134 valence electrons. The highest BCUT2D eigenvalue weighted by Crippen LogP contribution is 2.19. The lowest BCUT2D eigenvalue weighted by atomic mass is 10.0. The van der Waals surface area contributed by atoms with Crippen LogP contribution in [0, 0.1) is 0 Å². The Morgan fingerprint density at radius 3 is 2.96 bits per heavy atom. The Balaban J connectivity index is 1.55. The maximum Gasteiger partial charge on any atom is 0.270 e. The maximum absolute atomic E-state index is 12.4. The number of nitrogens with two attached hydrogens (primary N) is 1. The van der Waals surface area contributed by atoms with Gasteiger partial charge in [0.25, 0.3) is 5.91 Å². The summed E-state index contributed by atoms with van der Waals surface area (Å²) in [5.41, 5.74) is 7.38. The average Bonchev–Trinajstić information content (AvgIpc) is 3.11. The van der Waals surface area contributed by atoms with Gasteiger partial charge in [0.1, 0.15) is 5.69 Å². The molecule has 3 N–H and O–H groups in total. The van der Waals surface area contributed by atoms with Gasteiger partial charge in [-0.25, -0.2) is 4.98 Å². The highest BCUT2D eigenvalue weighted by Gasteiger charge is 2.23. The molecular weight excluding hydrogens is 332 g/mol. The van der Waals surface area contributed by atoms with Crippen molar-refractivity contribution in [1.82, 2.24) is 15.2 Å². The molecule has 2 aromatic rings. The number of carbonyl (C=O) groups is 1. The maximum atomic E-state index is 12.4. The molecule has 0 bridgehead atoms. The van der Waals surface area contributed by atoms with Gasteiger partial charge < -0.3 is 11.1 Å². The molecule has 1 amide bonds. The molecule has 1 aliphatic rings. The number of piperidine rings is 1. The Morgan fingerprint density at radius 1 is 1.32 bits per heavy atom. The van der Waals surface area contributed by atoms with Crippen LogP contribution in [0.4, 0.5) is 0 Å². The van der Waals surface area contributed by atoms with E-state index in [9.17, 15) is 4.79 Å². The normalized spacial score (nSPS) is 18.2. The summed E-state index contributed by atoms with van der Waals surface area (Å²) in [4.78, 5) is 19.2. The second-order valence-electron chi connectivity index (χ2n) is 6.48. The van der Waals surface area contributed by atoms with Crippen molar-refractivity contribution in [2.24, 2.45) is 5.73 Å². The van der Waals surface area contributed by atoms with E-state index in [1.165, 1.54) is 29.7 Å². The van der Waals surface area contributed by atoms with Gasteiger partial charge in [0, 0.05) is 30.9 Å². The van der Waals surface area contributed by atoms with Crippen molar-refractivity contribution in [2.45, 2.75) is 38.3 Å². The summed E-state index contributed by atoms with van der Waals surface area (Å²) < 4.78 is 0. The molecule has 0 radical (unpaired) electrons. The highest BCUT2D eigenvalue weighted by molar-refractivity contribution is 7.09. The molecule has 1 unspecified atom stereocenters. The van der Waals surface area contributed by atoms with E-state index in [1.807, 2.05) is 11.4 Å². The van der Waals surface area contributed by atoms with Gasteiger partial charge in [-0.05, 0) is 31.5 Å². The standard InChI is InChI=1S/C19H26N4OS/c20-10-9-18-22-17(14-25-18)19(24)21-12-16-8-4-5-11-23(16)13-15-6-2-1-3-7-15/h1-3,6-7,14,16H,4-5,8-13,20H2,(H,21,24). The van der Waals surface area contributed by atoms with Crippen LogP contribution in [-0.2, 0) is 13.0 Å². The molecule has 6 heteroatoms. The molecule has 2 heterocycles. The number of carbonyl (C=O) groups excluding carboxylic acids is 1. The number of benzene rings is 1. The Morgan fingerprint density at radius 2 is 2.16 bits per heavy atom. The average molecular weight is 359 g/mol. The smallest absolute Gasteiger partial charge is 0.270 e. The first-order valence-corrected chi connectivity index (χ1v) is 9.85. The first-order chi connectivity index (χ1) is 12.3. The second kappa shape index (κ2) is 9.08. The van der Waals surface area contributed by atoms with E-state index in [-0.39, 0.29) is 5.91 Å².